The third-order valence-corrected chi connectivity index (χ3v) is 4.89. The van der Waals surface area contributed by atoms with Gasteiger partial charge in [-0.15, -0.1) is 0 Å². The quantitative estimate of drug-likeness (QED) is 0.656. The molecular weight excluding hydrogens is 374 g/mol. The molecular formula is C22H23NO4S. The maximum absolute atomic E-state index is 12.6. The van der Waals surface area contributed by atoms with Crippen LogP contribution in [0.25, 0.3) is 5.57 Å². The molecule has 6 heteroatoms. The Kier molecular flexibility index (Phi) is 8.49. The largest absolute Gasteiger partial charge is 0.460 e. The molecule has 0 aromatic heterocycles. The van der Waals surface area contributed by atoms with E-state index in [2.05, 4.69) is 11.9 Å². The van der Waals surface area contributed by atoms with E-state index in [9.17, 15) is 14.4 Å². The Hall–Kier alpha value is -2.86. The Bertz CT molecular complexity index is 821. The van der Waals surface area contributed by atoms with Crippen molar-refractivity contribution in [2.24, 2.45) is 5.92 Å². The molecule has 0 bridgehead atoms. The van der Waals surface area contributed by atoms with Crippen LogP contribution in [0.1, 0.15) is 18.1 Å². The molecule has 0 aliphatic rings. The van der Waals surface area contributed by atoms with Crippen LogP contribution < -0.4 is 5.32 Å². The fraction of sp³-hybridized carbons (Fsp3) is 0.227. The molecule has 2 aromatic carbocycles. The number of carbonyl (C=O) groups excluding carboxylic acids is 3. The van der Waals surface area contributed by atoms with Crippen molar-refractivity contribution in [3.63, 3.8) is 0 Å². The van der Waals surface area contributed by atoms with Gasteiger partial charge in [-0.2, -0.15) is 0 Å². The van der Waals surface area contributed by atoms with Crippen molar-refractivity contribution in [3.8, 4) is 0 Å². The lowest BCUT2D eigenvalue weighted by atomic mass is 9.94. The zero-order valence-electron chi connectivity index (χ0n) is 15.7. The number of thioether (sulfide) groups is 1. The molecule has 5 nitrogen and oxygen atoms in total. The second-order valence-corrected chi connectivity index (χ2v) is 7.31. The fourth-order valence-corrected chi connectivity index (χ4v) is 3.21. The molecule has 2 rings (SSSR count). The summed E-state index contributed by atoms with van der Waals surface area (Å²) in [6, 6.07) is 18.6. The maximum atomic E-state index is 12.6. The SMILES string of the molecule is C=C(c1ccccc1)[C@@H](CSC(C)=O)C(=O)NCC(=O)OCc1ccccc1. The zero-order valence-corrected chi connectivity index (χ0v) is 16.5. The van der Waals surface area contributed by atoms with Gasteiger partial charge in [0.2, 0.25) is 5.91 Å². The van der Waals surface area contributed by atoms with Gasteiger partial charge in [0.1, 0.15) is 13.2 Å². The van der Waals surface area contributed by atoms with Gasteiger partial charge in [0.05, 0.1) is 5.92 Å². The van der Waals surface area contributed by atoms with Crippen molar-refractivity contribution in [3.05, 3.63) is 78.4 Å². The van der Waals surface area contributed by atoms with Crippen LogP contribution in [0, 0.1) is 5.92 Å². The molecule has 0 aliphatic heterocycles. The standard InChI is InChI=1S/C22H23NO4S/c1-16(19-11-7-4-8-12-19)20(15-28-17(2)24)22(26)23-13-21(25)27-14-18-9-5-3-6-10-18/h3-12,20H,1,13-15H2,2H3,(H,23,26)/t20-/m1/s1. The van der Waals surface area contributed by atoms with Crippen LogP contribution in [0.2, 0.25) is 0 Å². The molecule has 0 saturated heterocycles. The average molecular weight is 397 g/mol. The molecule has 0 fully saturated rings. The summed E-state index contributed by atoms with van der Waals surface area (Å²) >= 11 is 1.06. The third kappa shape index (κ3) is 7.04. The fourth-order valence-electron chi connectivity index (χ4n) is 2.46. The number of carbonyl (C=O) groups is 3. The summed E-state index contributed by atoms with van der Waals surface area (Å²) in [5.41, 5.74) is 2.29. The van der Waals surface area contributed by atoms with Crippen LogP contribution in [-0.4, -0.2) is 29.3 Å². The molecule has 0 heterocycles. The molecule has 1 atom stereocenters. The number of hydrogen-bond acceptors (Lipinski definition) is 5. The molecule has 0 unspecified atom stereocenters. The molecule has 1 amide bonds. The molecule has 0 radical (unpaired) electrons. The monoisotopic (exact) mass is 397 g/mol. The van der Waals surface area contributed by atoms with Gasteiger partial charge in [0.25, 0.3) is 0 Å². The van der Waals surface area contributed by atoms with Gasteiger partial charge in [-0.25, -0.2) is 0 Å². The Morgan fingerprint density at radius 3 is 2.25 bits per heavy atom. The summed E-state index contributed by atoms with van der Waals surface area (Å²) in [5.74, 6) is -1.26. The number of ether oxygens (including phenoxy) is 1. The van der Waals surface area contributed by atoms with E-state index >= 15 is 0 Å². The normalized spacial score (nSPS) is 11.3. The van der Waals surface area contributed by atoms with E-state index in [1.165, 1.54) is 6.92 Å². The third-order valence-electron chi connectivity index (χ3n) is 3.98. The maximum Gasteiger partial charge on any atom is 0.325 e. The lowest BCUT2D eigenvalue weighted by Gasteiger charge is -2.18. The van der Waals surface area contributed by atoms with E-state index in [0.29, 0.717) is 5.57 Å². The van der Waals surface area contributed by atoms with Crippen molar-refractivity contribution < 1.29 is 19.1 Å². The van der Waals surface area contributed by atoms with E-state index in [-0.39, 0.29) is 29.9 Å². The highest BCUT2D eigenvalue weighted by atomic mass is 32.2. The summed E-state index contributed by atoms with van der Waals surface area (Å²) in [5, 5.41) is 2.51. The van der Waals surface area contributed by atoms with Crippen LogP contribution in [0.5, 0.6) is 0 Å². The summed E-state index contributed by atoms with van der Waals surface area (Å²) in [7, 11) is 0. The summed E-state index contributed by atoms with van der Waals surface area (Å²) < 4.78 is 5.17. The van der Waals surface area contributed by atoms with Gasteiger partial charge >= 0.3 is 5.97 Å². The Morgan fingerprint density at radius 1 is 1.04 bits per heavy atom. The predicted molar refractivity (Wildman–Crippen MR) is 111 cm³/mol. The van der Waals surface area contributed by atoms with Crippen molar-refractivity contribution >= 4 is 34.3 Å². The van der Waals surface area contributed by atoms with E-state index in [0.717, 1.165) is 22.9 Å². The van der Waals surface area contributed by atoms with Crippen LogP contribution in [-0.2, 0) is 25.7 Å². The highest BCUT2D eigenvalue weighted by molar-refractivity contribution is 8.13. The van der Waals surface area contributed by atoms with Crippen LogP contribution in [0.3, 0.4) is 0 Å². The van der Waals surface area contributed by atoms with E-state index in [4.69, 9.17) is 4.74 Å². The molecule has 2 aromatic rings. The Labute approximate surface area is 169 Å². The summed E-state index contributed by atoms with van der Waals surface area (Å²) in [4.78, 5) is 35.9. The van der Waals surface area contributed by atoms with Gasteiger partial charge in [-0.3, -0.25) is 14.4 Å². The van der Waals surface area contributed by atoms with Crippen LogP contribution in [0.15, 0.2) is 67.2 Å². The number of rotatable bonds is 9. The number of hydrogen-bond donors (Lipinski definition) is 1. The van der Waals surface area contributed by atoms with Gasteiger partial charge in [0, 0.05) is 12.7 Å². The van der Waals surface area contributed by atoms with Crippen LogP contribution >= 0.6 is 11.8 Å². The van der Waals surface area contributed by atoms with E-state index < -0.39 is 11.9 Å². The zero-order chi connectivity index (χ0) is 20.4. The van der Waals surface area contributed by atoms with Crippen molar-refractivity contribution in [1.29, 1.82) is 0 Å². The van der Waals surface area contributed by atoms with Crippen LogP contribution in [0.4, 0.5) is 0 Å². The Balaban J connectivity index is 1.92. The minimum atomic E-state index is -0.627. The molecule has 0 saturated carbocycles. The smallest absolute Gasteiger partial charge is 0.325 e. The highest BCUT2D eigenvalue weighted by Crippen LogP contribution is 2.25. The molecule has 28 heavy (non-hydrogen) atoms. The lowest BCUT2D eigenvalue weighted by Crippen LogP contribution is -2.36. The number of nitrogens with one attached hydrogen (secondary N) is 1. The number of benzene rings is 2. The first-order valence-corrected chi connectivity index (χ1v) is 9.80. The van der Waals surface area contributed by atoms with E-state index in [1.54, 1.807) is 0 Å². The molecule has 0 spiro atoms. The summed E-state index contributed by atoms with van der Waals surface area (Å²) in [6.45, 7) is 5.38. The van der Waals surface area contributed by atoms with Gasteiger partial charge < -0.3 is 10.1 Å². The second-order valence-electron chi connectivity index (χ2n) is 6.11. The molecule has 0 aliphatic carbocycles. The molecule has 146 valence electrons. The van der Waals surface area contributed by atoms with Gasteiger partial charge in [-0.1, -0.05) is 79.0 Å². The topological polar surface area (TPSA) is 72.5 Å². The minimum Gasteiger partial charge on any atom is -0.460 e. The molecule has 1 N–H and O–H groups in total. The predicted octanol–water partition coefficient (Wildman–Crippen LogP) is 3.46. The second kappa shape index (κ2) is 11.1. The van der Waals surface area contributed by atoms with Crippen molar-refractivity contribution in [2.45, 2.75) is 13.5 Å². The highest BCUT2D eigenvalue weighted by Gasteiger charge is 2.24. The number of esters is 1. The average Bonchev–Trinajstić information content (AvgIpc) is 2.71. The van der Waals surface area contributed by atoms with Crippen molar-refractivity contribution in [1.82, 2.24) is 5.32 Å². The van der Waals surface area contributed by atoms with E-state index in [1.807, 2.05) is 60.7 Å². The first-order chi connectivity index (χ1) is 13.5. The number of amides is 1. The Morgan fingerprint density at radius 2 is 1.64 bits per heavy atom. The minimum absolute atomic E-state index is 0.0825. The van der Waals surface area contributed by atoms with Crippen molar-refractivity contribution in [2.75, 3.05) is 12.3 Å². The van der Waals surface area contributed by atoms with Gasteiger partial charge in [0.15, 0.2) is 5.12 Å². The lowest BCUT2D eigenvalue weighted by molar-refractivity contribution is -0.145. The summed E-state index contributed by atoms with van der Waals surface area (Å²) in [6.07, 6.45) is 0. The first-order valence-electron chi connectivity index (χ1n) is 8.82. The van der Waals surface area contributed by atoms with Gasteiger partial charge in [-0.05, 0) is 16.7 Å². The first kappa shape index (κ1) is 21.4.